The van der Waals surface area contributed by atoms with Crippen LogP contribution in [0.1, 0.15) is 23.5 Å². The normalized spacial score (nSPS) is 17.4. The monoisotopic (exact) mass is 343 g/mol. The molecule has 3 rings (SSSR count). The van der Waals surface area contributed by atoms with Gasteiger partial charge in [-0.1, -0.05) is 60.7 Å². The number of carbonyl (C=O) groups is 3. The number of ether oxygens (including phenoxy) is 1. The van der Waals surface area contributed by atoms with Gasteiger partial charge in [0.25, 0.3) is 5.91 Å². The fourth-order valence-electron chi connectivity index (χ4n) is 2.63. The molecule has 0 aliphatic carbocycles. The molecular weight excluding hydrogens is 330 g/mol. The Hall–Kier alpha value is -2.66. The van der Waals surface area contributed by atoms with E-state index in [0.29, 0.717) is 4.42 Å². The second-order valence-corrected chi connectivity index (χ2v) is 5.73. The predicted octanol–water partition coefficient (Wildman–Crippen LogP) is 2.64. The van der Waals surface area contributed by atoms with Crippen molar-refractivity contribution in [3.63, 3.8) is 0 Å². The summed E-state index contributed by atoms with van der Waals surface area (Å²) in [6.45, 7) is 0. The molecule has 1 aliphatic heterocycles. The Kier molecular flexibility index (Phi) is 4.62. The highest BCUT2D eigenvalue weighted by Gasteiger charge is 2.42. The van der Waals surface area contributed by atoms with E-state index >= 15 is 0 Å². The van der Waals surface area contributed by atoms with Gasteiger partial charge < -0.3 is 4.74 Å². The maximum absolute atomic E-state index is 12.7. The second-order valence-electron chi connectivity index (χ2n) is 5.40. The number of esters is 1. The molecule has 122 valence electrons. The Morgan fingerprint density at radius 2 is 1.50 bits per heavy atom. The van der Waals surface area contributed by atoms with E-state index in [1.165, 1.54) is 0 Å². The smallest absolute Gasteiger partial charge is 0.318 e. The summed E-state index contributed by atoms with van der Waals surface area (Å²) in [6.07, 6.45) is -1.40. The average Bonchev–Trinajstić information content (AvgIpc) is 2.84. The standard InChI is InChI=1S/C18H14ClNO4/c19-20-15(21)11-14(17(20)22)24-18(23)16(12-7-3-1-4-8-12)13-9-5-2-6-10-13/h1-10,14,16H,11H2. The Morgan fingerprint density at radius 3 is 1.92 bits per heavy atom. The van der Waals surface area contributed by atoms with Crippen LogP contribution in [0.5, 0.6) is 0 Å². The third-order valence-electron chi connectivity index (χ3n) is 3.81. The van der Waals surface area contributed by atoms with Gasteiger partial charge in [0.1, 0.15) is 5.92 Å². The van der Waals surface area contributed by atoms with Crippen LogP contribution in [-0.2, 0) is 19.1 Å². The van der Waals surface area contributed by atoms with Gasteiger partial charge in [-0.15, -0.1) is 0 Å². The summed E-state index contributed by atoms with van der Waals surface area (Å²) in [5.41, 5.74) is 1.49. The first-order valence-corrected chi connectivity index (χ1v) is 7.74. The zero-order chi connectivity index (χ0) is 17.1. The van der Waals surface area contributed by atoms with Crippen molar-refractivity contribution in [3.05, 3.63) is 71.8 Å². The highest BCUT2D eigenvalue weighted by molar-refractivity contribution is 6.33. The molecule has 1 aliphatic rings. The number of hydrogen-bond acceptors (Lipinski definition) is 4. The van der Waals surface area contributed by atoms with Gasteiger partial charge in [-0.2, -0.15) is 4.42 Å². The number of rotatable bonds is 4. The highest BCUT2D eigenvalue weighted by Crippen LogP contribution is 2.28. The molecule has 1 heterocycles. The van der Waals surface area contributed by atoms with Crippen molar-refractivity contribution in [3.8, 4) is 0 Å². The molecule has 6 heteroatoms. The molecule has 1 unspecified atom stereocenters. The number of imide groups is 1. The molecule has 5 nitrogen and oxygen atoms in total. The summed E-state index contributed by atoms with van der Waals surface area (Å²) in [5.74, 6) is -2.56. The second kappa shape index (κ2) is 6.84. The van der Waals surface area contributed by atoms with Gasteiger partial charge in [-0.25, -0.2) is 0 Å². The summed E-state index contributed by atoms with van der Waals surface area (Å²) in [5, 5.41) is 0. The van der Waals surface area contributed by atoms with Gasteiger partial charge in [-0.05, 0) is 11.1 Å². The fourth-order valence-corrected chi connectivity index (χ4v) is 2.81. The number of halogens is 1. The Balaban J connectivity index is 1.88. The van der Waals surface area contributed by atoms with Crippen molar-refractivity contribution in [2.45, 2.75) is 18.4 Å². The Bertz CT molecular complexity index is 724. The number of amides is 2. The quantitative estimate of drug-likeness (QED) is 0.486. The van der Waals surface area contributed by atoms with Crippen LogP contribution < -0.4 is 0 Å². The first kappa shape index (κ1) is 16.2. The van der Waals surface area contributed by atoms with E-state index in [1.807, 2.05) is 60.7 Å². The van der Waals surface area contributed by atoms with Crippen LogP contribution in [0.4, 0.5) is 0 Å². The molecule has 0 N–H and O–H groups in total. The summed E-state index contributed by atoms with van der Waals surface area (Å²) >= 11 is 5.55. The average molecular weight is 344 g/mol. The molecular formula is C18H14ClNO4. The molecule has 2 amide bonds. The molecule has 0 saturated carbocycles. The first-order chi connectivity index (χ1) is 11.6. The molecule has 0 spiro atoms. The van der Waals surface area contributed by atoms with E-state index in [-0.39, 0.29) is 6.42 Å². The van der Waals surface area contributed by atoms with Crippen LogP contribution in [0.2, 0.25) is 0 Å². The van der Waals surface area contributed by atoms with Crippen molar-refractivity contribution in [2.24, 2.45) is 0 Å². The minimum Gasteiger partial charge on any atom is -0.451 e. The van der Waals surface area contributed by atoms with E-state index in [0.717, 1.165) is 11.1 Å². The van der Waals surface area contributed by atoms with Crippen molar-refractivity contribution < 1.29 is 19.1 Å². The van der Waals surface area contributed by atoms with Gasteiger partial charge in [0.2, 0.25) is 5.91 Å². The largest absolute Gasteiger partial charge is 0.451 e. The number of hydrogen-bond donors (Lipinski definition) is 0. The zero-order valence-corrected chi connectivity index (χ0v) is 13.3. The van der Waals surface area contributed by atoms with E-state index in [4.69, 9.17) is 16.5 Å². The third-order valence-corrected chi connectivity index (χ3v) is 4.16. The molecule has 0 aromatic heterocycles. The Morgan fingerprint density at radius 1 is 1.00 bits per heavy atom. The molecule has 1 saturated heterocycles. The van der Waals surface area contributed by atoms with E-state index in [2.05, 4.69) is 0 Å². The lowest BCUT2D eigenvalue weighted by Gasteiger charge is -2.19. The molecule has 2 aromatic rings. The van der Waals surface area contributed by atoms with Gasteiger partial charge >= 0.3 is 5.97 Å². The molecule has 0 bridgehead atoms. The lowest BCUT2D eigenvalue weighted by molar-refractivity contribution is -0.155. The zero-order valence-electron chi connectivity index (χ0n) is 12.6. The lowest BCUT2D eigenvalue weighted by Crippen LogP contribution is -2.29. The van der Waals surface area contributed by atoms with Crippen molar-refractivity contribution in [2.75, 3.05) is 0 Å². The Labute approximate surface area is 143 Å². The van der Waals surface area contributed by atoms with E-state index in [9.17, 15) is 14.4 Å². The topological polar surface area (TPSA) is 63.7 Å². The van der Waals surface area contributed by atoms with Crippen LogP contribution >= 0.6 is 11.8 Å². The van der Waals surface area contributed by atoms with Crippen LogP contribution in [-0.4, -0.2) is 28.3 Å². The minimum atomic E-state index is -1.17. The molecule has 0 radical (unpaired) electrons. The van der Waals surface area contributed by atoms with Gasteiger partial charge in [0.15, 0.2) is 6.10 Å². The highest BCUT2D eigenvalue weighted by atomic mass is 35.5. The summed E-state index contributed by atoms with van der Waals surface area (Å²) < 4.78 is 5.77. The maximum atomic E-state index is 12.7. The maximum Gasteiger partial charge on any atom is 0.318 e. The van der Waals surface area contributed by atoms with Gasteiger partial charge in [-0.3, -0.25) is 14.4 Å². The number of benzene rings is 2. The number of nitrogens with zero attached hydrogens (tertiary/aromatic N) is 1. The summed E-state index contributed by atoms with van der Waals surface area (Å²) in [7, 11) is 0. The van der Waals surface area contributed by atoms with Gasteiger partial charge in [0, 0.05) is 11.8 Å². The van der Waals surface area contributed by atoms with Crippen molar-refractivity contribution in [1.29, 1.82) is 0 Å². The molecule has 24 heavy (non-hydrogen) atoms. The third kappa shape index (κ3) is 3.16. The fraction of sp³-hybridized carbons (Fsp3) is 0.167. The molecule has 2 aromatic carbocycles. The SMILES string of the molecule is O=C(OC1CC(=O)N(Cl)C1=O)C(c1ccccc1)c1ccccc1. The van der Waals surface area contributed by atoms with E-state index in [1.54, 1.807) is 0 Å². The predicted molar refractivity (Wildman–Crippen MR) is 86.9 cm³/mol. The van der Waals surface area contributed by atoms with Gasteiger partial charge in [0.05, 0.1) is 6.42 Å². The van der Waals surface area contributed by atoms with Crippen LogP contribution in [0.15, 0.2) is 60.7 Å². The first-order valence-electron chi connectivity index (χ1n) is 7.41. The number of carbonyl (C=O) groups excluding carboxylic acids is 3. The molecule has 1 atom stereocenters. The lowest BCUT2D eigenvalue weighted by atomic mass is 9.91. The summed E-state index contributed by atoms with van der Waals surface area (Å²) in [4.78, 5) is 36.0. The van der Waals surface area contributed by atoms with Crippen LogP contribution in [0.25, 0.3) is 0 Å². The van der Waals surface area contributed by atoms with Crippen LogP contribution in [0.3, 0.4) is 0 Å². The molecule has 1 fully saturated rings. The van der Waals surface area contributed by atoms with E-state index < -0.39 is 29.8 Å². The van der Waals surface area contributed by atoms with Crippen molar-refractivity contribution >= 4 is 29.6 Å². The summed E-state index contributed by atoms with van der Waals surface area (Å²) in [6, 6.07) is 18.2. The minimum absolute atomic E-state index is 0.232. The van der Waals surface area contributed by atoms with Crippen LogP contribution in [0, 0.1) is 0 Å². The van der Waals surface area contributed by atoms with Crippen molar-refractivity contribution in [1.82, 2.24) is 4.42 Å².